The van der Waals surface area contributed by atoms with Crippen LogP contribution in [0.4, 0.5) is 0 Å². The summed E-state index contributed by atoms with van der Waals surface area (Å²) in [5.74, 6) is -0.348. The molecule has 1 aliphatic heterocycles. The van der Waals surface area contributed by atoms with Gasteiger partial charge in [-0.2, -0.15) is 36.2 Å². The van der Waals surface area contributed by atoms with Gasteiger partial charge in [0.25, 0.3) is 11.8 Å². The molecule has 31 heavy (non-hydrogen) atoms. The van der Waals surface area contributed by atoms with Crippen LogP contribution in [-0.4, -0.2) is 84.1 Å². The molecule has 1 rings (SSSR count). The lowest BCUT2D eigenvalue weighted by atomic mass is 10.4. The van der Waals surface area contributed by atoms with Crippen LogP contribution in [0.2, 0.25) is 0 Å². The molecule has 0 aliphatic carbocycles. The van der Waals surface area contributed by atoms with Gasteiger partial charge in [0.05, 0.1) is 17.3 Å². The predicted molar refractivity (Wildman–Crippen MR) is 130 cm³/mol. The van der Waals surface area contributed by atoms with Crippen molar-refractivity contribution in [2.24, 2.45) is 5.73 Å². The number of carbonyl (C=O) groups is 5. The molecule has 0 bridgehead atoms. The Hall–Kier alpha value is -1.44. The maximum Gasteiger partial charge on any atom is 0.342 e. The summed E-state index contributed by atoms with van der Waals surface area (Å²) < 4.78 is 0. The molecule has 1 aliphatic rings. The van der Waals surface area contributed by atoms with Crippen LogP contribution in [0.25, 0.3) is 0 Å². The molecular formula is C18H36N4O6S3. The molecule has 0 spiro atoms. The van der Waals surface area contributed by atoms with E-state index in [9.17, 15) is 24.0 Å². The molecule has 1 fully saturated rings. The maximum absolute atomic E-state index is 10.9. The number of imide groups is 1. The van der Waals surface area contributed by atoms with E-state index in [2.05, 4.69) is 28.1 Å². The number of nitrogens with two attached hydrogens (primary N) is 1. The minimum atomic E-state index is -0.573. The van der Waals surface area contributed by atoms with E-state index in [1.807, 2.05) is 27.0 Å². The number of thioether (sulfide) groups is 2. The highest BCUT2D eigenvalue weighted by Crippen LogP contribution is 2.12. The van der Waals surface area contributed by atoms with E-state index in [0.717, 1.165) is 13.1 Å². The first-order chi connectivity index (χ1) is 14.7. The fraction of sp³-hybridized carbons (Fsp3) is 0.722. The summed E-state index contributed by atoms with van der Waals surface area (Å²) in [6, 6.07) is 0. The summed E-state index contributed by atoms with van der Waals surface area (Å²) in [5.41, 5.74) is 4.85. The largest absolute Gasteiger partial charge is 0.356 e. The number of nitrogens with zero attached hydrogens (tertiary/aromatic N) is 1. The van der Waals surface area contributed by atoms with Gasteiger partial charge in [-0.1, -0.05) is 6.92 Å². The number of hydrogen-bond donors (Lipinski definition) is 4. The summed E-state index contributed by atoms with van der Waals surface area (Å²) in [7, 11) is 0. The van der Waals surface area contributed by atoms with E-state index >= 15 is 0 Å². The van der Waals surface area contributed by atoms with E-state index in [0.29, 0.717) is 17.4 Å². The molecule has 0 aromatic rings. The Morgan fingerprint density at radius 1 is 0.968 bits per heavy atom. The molecule has 4 N–H and O–H groups in total. The predicted octanol–water partition coefficient (Wildman–Crippen LogP) is 0.459. The molecule has 0 aromatic carbocycles. The zero-order chi connectivity index (χ0) is 24.7. The van der Waals surface area contributed by atoms with E-state index in [1.54, 1.807) is 6.26 Å². The summed E-state index contributed by atoms with van der Waals surface area (Å²) in [6.07, 6.45) is 3.90. The van der Waals surface area contributed by atoms with Gasteiger partial charge in [0.1, 0.15) is 0 Å². The lowest BCUT2D eigenvalue weighted by Crippen LogP contribution is -2.32. The second-order valence-corrected chi connectivity index (χ2v) is 7.43. The Bertz CT molecular complexity index is 514. The lowest BCUT2D eigenvalue weighted by molar-refractivity contribution is -0.195. The molecule has 1 saturated heterocycles. The molecule has 0 radical (unpaired) electrons. The molecule has 182 valence electrons. The Balaban J connectivity index is -0.000000377. The van der Waals surface area contributed by atoms with Gasteiger partial charge in [-0.25, -0.2) is 4.79 Å². The van der Waals surface area contributed by atoms with Crippen molar-refractivity contribution >= 4 is 65.8 Å². The third-order valence-corrected chi connectivity index (χ3v) is 3.99. The number of rotatable bonds is 8. The number of carbonyl (C=O) groups excluding carboxylic acids is 5. The standard InChI is InChI=1S/C7H9NO4S.C5H11NOS.C4H9NOS.C2H7N/c1-13-4-7(11)12-8-5(9)2-3-6(8)10;1-3-6-5(7)4-8-2;1-2-5-4(6)3-7;1-2-3/h2-4H2,1H3;3-4H2,1-2H3,(H,6,7);7H,2-3H2,1H3,(H,5,6);2-3H2,1H3. The maximum atomic E-state index is 10.9. The number of amides is 4. The molecular weight excluding hydrogens is 464 g/mol. The number of thiol groups is 1. The van der Waals surface area contributed by atoms with Gasteiger partial charge >= 0.3 is 5.97 Å². The van der Waals surface area contributed by atoms with E-state index < -0.39 is 17.8 Å². The van der Waals surface area contributed by atoms with Gasteiger partial charge in [0.2, 0.25) is 11.8 Å². The minimum absolute atomic E-state index is 0.00849. The third-order valence-electron chi connectivity index (χ3n) is 2.63. The minimum Gasteiger partial charge on any atom is -0.356 e. The number of hydroxylamine groups is 2. The van der Waals surface area contributed by atoms with Crippen molar-refractivity contribution in [2.75, 3.05) is 49.4 Å². The van der Waals surface area contributed by atoms with E-state index in [4.69, 9.17) is 5.73 Å². The van der Waals surface area contributed by atoms with Crippen LogP contribution < -0.4 is 16.4 Å². The summed E-state index contributed by atoms with van der Waals surface area (Å²) in [6.45, 7) is 7.87. The SMILES string of the molecule is CCN.CCNC(=O)CS.CCNC(=O)CSC.CSCC(=O)ON1C(=O)CCC1=O. The normalized spacial score (nSPS) is 11.6. The van der Waals surface area contributed by atoms with Crippen molar-refractivity contribution in [1.82, 2.24) is 15.7 Å². The van der Waals surface area contributed by atoms with Gasteiger partial charge in [0, 0.05) is 25.9 Å². The quantitative estimate of drug-likeness (QED) is 0.275. The van der Waals surface area contributed by atoms with E-state index in [-0.39, 0.29) is 36.2 Å². The molecule has 0 aromatic heterocycles. The Kier molecular flexibility index (Phi) is 27.4. The molecule has 1 heterocycles. The average molecular weight is 501 g/mol. The third kappa shape index (κ3) is 23.1. The molecule has 10 nitrogen and oxygen atoms in total. The van der Waals surface area contributed by atoms with Crippen LogP contribution in [0.15, 0.2) is 0 Å². The second-order valence-electron chi connectivity index (χ2n) is 5.38. The van der Waals surface area contributed by atoms with Gasteiger partial charge < -0.3 is 21.2 Å². The average Bonchev–Trinajstić information content (AvgIpc) is 3.02. The monoisotopic (exact) mass is 500 g/mol. The number of hydrogen-bond acceptors (Lipinski definition) is 10. The van der Waals surface area contributed by atoms with Crippen molar-refractivity contribution in [3.05, 3.63) is 0 Å². The van der Waals surface area contributed by atoms with Crippen LogP contribution in [0.5, 0.6) is 0 Å². The topological polar surface area (TPSA) is 148 Å². The second kappa shape index (κ2) is 24.8. The molecule has 0 saturated carbocycles. The van der Waals surface area contributed by atoms with Gasteiger partial charge in [-0.15, -0.1) is 5.06 Å². The Morgan fingerprint density at radius 3 is 1.71 bits per heavy atom. The van der Waals surface area contributed by atoms with Gasteiger partial charge in [0.15, 0.2) is 0 Å². The zero-order valence-corrected chi connectivity index (χ0v) is 21.4. The number of nitrogens with one attached hydrogen (secondary N) is 2. The van der Waals surface area contributed by atoms with Crippen molar-refractivity contribution < 1.29 is 28.8 Å². The van der Waals surface area contributed by atoms with Crippen LogP contribution in [0, 0.1) is 0 Å². The Labute approximate surface area is 198 Å². The van der Waals surface area contributed by atoms with Crippen molar-refractivity contribution in [3.63, 3.8) is 0 Å². The van der Waals surface area contributed by atoms with Crippen LogP contribution in [0.3, 0.4) is 0 Å². The highest BCUT2D eigenvalue weighted by molar-refractivity contribution is 7.99. The molecule has 4 amide bonds. The first-order valence-electron chi connectivity index (χ1n) is 9.57. The van der Waals surface area contributed by atoms with Crippen LogP contribution in [-0.2, 0) is 28.8 Å². The fourth-order valence-corrected chi connectivity index (χ4v) is 2.30. The molecule has 0 unspecified atom stereocenters. The van der Waals surface area contributed by atoms with Crippen LogP contribution >= 0.6 is 36.2 Å². The van der Waals surface area contributed by atoms with E-state index in [1.165, 1.54) is 23.5 Å². The molecule has 13 heteroatoms. The van der Waals surface area contributed by atoms with Gasteiger partial charge in [-0.3, -0.25) is 19.2 Å². The summed E-state index contributed by atoms with van der Waals surface area (Å²) >= 11 is 6.55. The zero-order valence-electron chi connectivity index (χ0n) is 18.9. The van der Waals surface area contributed by atoms with Gasteiger partial charge in [-0.05, 0) is 32.9 Å². The first-order valence-corrected chi connectivity index (χ1v) is 13.0. The highest BCUT2D eigenvalue weighted by atomic mass is 32.2. The van der Waals surface area contributed by atoms with Crippen molar-refractivity contribution in [3.8, 4) is 0 Å². The van der Waals surface area contributed by atoms with Crippen LogP contribution in [0.1, 0.15) is 33.6 Å². The summed E-state index contributed by atoms with van der Waals surface area (Å²) in [5, 5.41) is 5.82. The van der Waals surface area contributed by atoms with Crippen molar-refractivity contribution in [2.45, 2.75) is 33.6 Å². The summed E-state index contributed by atoms with van der Waals surface area (Å²) in [4.78, 5) is 58.1. The van der Waals surface area contributed by atoms with Crippen molar-refractivity contribution in [1.29, 1.82) is 0 Å². The lowest BCUT2D eigenvalue weighted by Gasteiger charge is -2.11. The highest BCUT2D eigenvalue weighted by Gasteiger charge is 2.32. The first kappa shape index (κ1) is 34.2. The molecule has 0 atom stereocenters. The fourth-order valence-electron chi connectivity index (χ4n) is 1.54. The Morgan fingerprint density at radius 2 is 1.39 bits per heavy atom. The smallest absolute Gasteiger partial charge is 0.342 e.